The molecule has 3 nitrogen and oxygen atoms in total. The van der Waals surface area contributed by atoms with E-state index in [-0.39, 0.29) is 11.8 Å². The van der Waals surface area contributed by atoms with Crippen LogP contribution in [0.1, 0.15) is 0 Å². The summed E-state index contributed by atoms with van der Waals surface area (Å²) in [6.07, 6.45) is 2.39. The molecule has 0 aliphatic carbocycles. The average Bonchev–Trinajstić information content (AvgIpc) is 2.54. The predicted octanol–water partition coefficient (Wildman–Crippen LogP) is 0.886. The molecule has 0 aromatic heterocycles. The second kappa shape index (κ2) is 4.87. The predicted molar refractivity (Wildman–Crippen MR) is 48.7 cm³/mol. The van der Waals surface area contributed by atoms with Crippen molar-refractivity contribution in [2.45, 2.75) is 0 Å². The van der Waals surface area contributed by atoms with Crippen LogP contribution in [0.15, 0.2) is 48.6 Å². The van der Waals surface area contributed by atoms with Crippen molar-refractivity contribution in [3.8, 4) is 0 Å². The highest BCUT2D eigenvalue weighted by molar-refractivity contribution is 6.12. The van der Waals surface area contributed by atoms with Gasteiger partial charge in [0.05, 0.1) is 0 Å². The third-order valence-electron chi connectivity index (χ3n) is 1.30. The third kappa shape index (κ3) is 3.86. The third-order valence-corrected chi connectivity index (χ3v) is 1.30. The van der Waals surface area contributed by atoms with Gasteiger partial charge < -0.3 is 0 Å². The molecular weight excluding hydrogens is 166 g/mol. The fourth-order valence-electron chi connectivity index (χ4n) is 0.741. The van der Waals surface area contributed by atoms with Crippen LogP contribution >= 0.6 is 0 Å². The Morgan fingerprint density at radius 1 is 0.692 bits per heavy atom. The van der Waals surface area contributed by atoms with Crippen LogP contribution in [-0.4, -0.2) is 11.8 Å². The molecule has 2 amide bonds. The molecule has 1 aromatic rings. The summed E-state index contributed by atoms with van der Waals surface area (Å²) in [6, 6.07) is 12.0. The number of hydrogen-bond donors (Lipinski definition) is 1. The zero-order valence-electron chi connectivity index (χ0n) is 6.94. The maximum Gasteiger partial charge on any atom is 0.250 e. The first-order valence-electron chi connectivity index (χ1n) is 3.82. The molecule has 1 aliphatic rings. The fraction of sp³-hybridized carbons (Fsp3) is 0. The Bertz CT molecular complexity index is 274. The number of carbonyl (C=O) groups excluding carboxylic acids is 2. The molecule has 66 valence electrons. The fourth-order valence-corrected chi connectivity index (χ4v) is 0.741. The summed E-state index contributed by atoms with van der Waals surface area (Å²) < 4.78 is 0. The highest BCUT2D eigenvalue weighted by Gasteiger charge is 2.06. The van der Waals surface area contributed by atoms with Crippen molar-refractivity contribution in [2.75, 3.05) is 0 Å². The standard InChI is InChI=1S/C6H6.C4H3NO2/c1-2-4-6-5-3-1;6-3-1-2-4(7)5-3/h1-6H;1-2H,(H,5,6,7). The number of imide groups is 1. The summed E-state index contributed by atoms with van der Waals surface area (Å²) in [6.45, 7) is 0. The van der Waals surface area contributed by atoms with Crippen molar-refractivity contribution >= 4 is 11.8 Å². The van der Waals surface area contributed by atoms with Crippen molar-refractivity contribution in [2.24, 2.45) is 0 Å². The van der Waals surface area contributed by atoms with Crippen molar-refractivity contribution < 1.29 is 9.59 Å². The van der Waals surface area contributed by atoms with Gasteiger partial charge in [-0.25, -0.2) is 0 Å². The van der Waals surface area contributed by atoms with Gasteiger partial charge in [0.25, 0.3) is 11.8 Å². The van der Waals surface area contributed by atoms with Crippen LogP contribution in [-0.2, 0) is 9.59 Å². The Morgan fingerprint density at radius 2 is 1.00 bits per heavy atom. The van der Waals surface area contributed by atoms with E-state index in [2.05, 4.69) is 0 Å². The van der Waals surface area contributed by atoms with Crippen LogP contribution in [0, 0.1) is 0 Å². The lowest BCUT2D eigenvalue weighted by atomic mass is 10.4. The van der Waals surface area contributed by atoms with Gasteiger partial charge in [-0.1, -0.05) is 36.4 Å². The van der Waals surface area contributed by atoms with Gasteiger partial charge in [0.2, 0.25) is 0 Å². The number of nitrogens with one attached hydrogen (secondary N) is 1. The van der Waals surface area contributed by atoms with Gasteiger partial charge in [-0.3, -0.25) is 14.9 Å². The number of rotatable bonds is 0. The maximum absolute atomic E-state index is 10.0. The van der Waals surface area contributed by atoms with Crippen LogP contribution in [0.4, 0.5) is 0 Å². The first-order valence-corrected chi connectivity index (χ1v) is 3.82. The van der Waals surface area contributed by atoms with Gasteiger partial charge in [0.1, 0.15) is 0 Å². The maximum atomic E-state index is 10.0. The lowest BCUT2D eigenvalue weighted by Crippen LogP contribution is -2.19. The summed E-state index contributed by atoms with van der Waals surface area (Å²) in [5.74, 6) is -0.657. The summed E-state index contributed by atoms with van der Waals surface area (Å²) in [5, 5.41) is 2.03. The molecule has 1 aliphatic heterocycles. The van der Waals surface area contributed by atoms with Gasteiger partial charge in [-0.05, 0) is 0 Å². The van der Waals surface area contributed by atoms with E-state index in [1.54, 1.807) is 0 Å². The molecule has 0 unspecified atom stereocenters. The Labute approximate surface area is 76.1 Å². The molecule has 0 saturated carbocycles. The molecule has 0 radical (unpaired) electrons. The van der Waals surface area contributed by atoms with Crippen LogP contribution in [0.2, 0.25) is 0 Å². The lowest BCUT2D eigenvalue weighted by Gasteiger charge is -1.80. The number of carbonyl (C=O) groups is 2. The van der Waals surface area contributed by atoms with E-state index in [0.717, 1.165) is 0 Å². The minimum absolute atomic E-state index is 0.329. The number of amides is 2. The van der Waals surface area contributed by atoms with E-state index < -0.39 is 0 Å². The van der Waals surface area contributed by atoms with Gasteiger partial charge in [0, 0.05) is 12.2 Å². The van der Waals surface area contributed by atoms with Crippen molar-refractivity contribution in [3.63, 3.8) is 0 Å². The van der Waals surface area contributed by atoms with E-state index in [9.17, 15) is 9.59 Å². The molecule has 1 N–H and O–H groups in total. The highest BCUT2D eigenvalue weighted by Crippen LogP contribution is 1.82. The van der Waals surface area contributed by atoms with E-state index in [1.165, 1.54) is 12.2 Å². The molecule has 1 aromatic carbocycles. The van der Waals surface area contributed by atoms with Gasteiger partial charge in [0.15, 0.2) is 0 Å². The molecule has 0 atom stereocenters. The molecule has 0 bridgehead atoms. The highest BCUT2D eigenvalue weighted by atomic mass is 16.2. The second-order valence-electron chi connectivity index (χ2n) is 2.34. The molecule has 0 spiro atoms. The Morgan fingerprint density at radius 3 is 1.15 bits per heavy atom. The molecule has 0 fully saturated rings. The first kappa shape index (κ1) is 9.19. The average molecular weight is 175 g/mol. The molecule has 1 heterocycles. The Kier molecular flexibility index (Phi) is 3.45. The molecule has 0 saturated heterocycles. The molecule has 2 rings (SSSR count). The topological polar surface area (TPSA) is 46.2 Å². The van der Waals surface area contributed by atoms with Crippen molar-refractivity contribution in [3.05, 3.63) is 48.6 Å². The van der Waals surface area contributed by atoms with E-state index in [4.69, 9.17) is 0 Å². The van der Waals surface area contributed by atoms with Gasteiger partial charge in [-0.2, -0.15) is 0 Å². The monoisotopic (exact) mass is 175 g/mol. The minimum atomic E-state index is -0.329. The smallest absolute Gasteiger partial charge is 0.250 e. The normalized spacial score (nSPS) is 13.2. The molecule has 13 heavy (non-hydrogen) atoms. The van der Waals surface area contributed by atoms with Crippen molar-refractivity contribution in [1.29, 1.82) is 0 Å². The van der Waals surface area contributed by atoms with Crippen LogP contribution in [0.25, 0.3) is 0 Å². The Hall–Kier alpha value is -1.90. The van der Waals surface area contributed by atoms with E-state index >= 15 is 0 Å². The first-order chi connectivity index (χ1) is 6.29. The minimum Gasteiger partial charge on any atom is -0.289 e. The molecule has 3 heteroatoms. The lowest BCUT2D eigenvalue weighted by molar-refractivity contribution is -0.123. The van der Waals surface area contributed by atoms with Crippen LogP contribution in [0.5, 0.6) is 0 Å². The molecular formula is C10H9NO2. The zero-order valence-corrected chi connectivity index (χ0v) is 6.94. The number of benzene rings is 1. The van der Waals surface area contributed by atoms with E-state index in [1.807, 2.05) is 41.7 Å². The summed E-state index contributed by atoms with van der Waals surface area (Å²) in [5.41, 5.74) is 0. The SMILES string of the molecule is O=C1C=CC(=O)N1.c1ccccc1. The van der Waals surface area contributed by atoms with Gasteiger partial charge in [-0.15, -0.1) is 0 Å². The summed E-state index contributed by atoms with van der Waals surface area (Å²) in [7, 11) is 0. The van der Waals surface area contributed by atoms with Crippen LogP contribution < -0.4 is 5.32 Å². The number of hydrogen-bond acceptors (Lipinski definition) is 2. The summed E-state index contributed by atoms with van der Waals surface area (Å²) in [4.78, 5) is 20.1. The summed E-state index contributed by atoms with van der Waals surface area (Å²) >= 11 is 0. The zero-order chi connectivity index (χ0) is 9.52. The van der Waals surface area contributed by atoms with Gasteiger partial charge >= 0.3 is 0 Å². The second-order valence-corrected chi connectivity index (χ2v) is 2.34. The Balaban J connectivity index is 0.000000132. The van der Waals surface area contributed by atoms with E-state index in [0.29, 0.717) is 0 Å². The van der Waals surface area contributed by atoms with Crippen molar-refractivity contribution in [1.82, 2.24) is 5.32 Å². The van der Waals surface area contributed by atoms with Crippen LogP contribution in [0.3, 0.4) is 0 Å². The largest absolute Gasteiger partial charge is 0.289 e. The quantitative estimate of drug-likeness (QED) is 0.595.